The van der Waals surface area contributed by atoms with Crippen LogP contribution >= 0.6 is 0 Å². The predicted molar refractivity (Wildman–Crippen MR) is 77.7 cm³/mol. The second-order valence-electron chi connectivity index (χ2n) is 4.91. The lowest BCUT2D eigenvalue weighted by Gasteiger charge is -2.31. The number of amides is 2. The summed E-state index contributed by atoms with van der Waals surface area (Å²) in [5.41, 5.74) is 5.97. The number of anilines is 1. The summed E-state index contributed by atoms with van der Waals surface area (Å²) in [6, 6.07) is 3.30. The first-order chi connectivity index (χ1) is 10.1. The minimum Gasteiger partial charge on any atom is -0.450 e. The summed E-state index contributed by atoms with van der Waals surface area (Å²) >= 11 is 0. The quantitative estimate of drug-likeness (QED) is 0.866. The molecule has 0 saturated carbocycles. The van der Waals surface area contributed by atoms with Crippen LogP contribution in [-0.2, 0) is 4.74 Å². The van der Waals surface area contributed by atoms with Crippen molar-refractivity contribution < 1.29 is 14.3 Å². The first kappa shape index (κ1) is 15.1. The molecule has 3 N–H and O–H groups in total. The highest BCUT2D eigenvalue weighted by Crippen LogP contribution is 2.12. The number of nitrogens with two attached hydrogens (primary N) is 1. The van der Waals surface area contributed by atoms with Crippen LogP contribution in [0, 0.1) is 0 Å². The molecule has 7 nitrogen and oxygen atoms in total. The highest BCUT2D eigenvalue weighted by Gasteiger charge is 2.24. The summed E-state index contributed by atoms with van der Waals surface area (Å²) in [6.45, 7) is 3.33. The topological polar surface area (TPSA) is 97.5 Å². The molecule has 1 saturated heterocycles. The first-order valence-electron chi connectivity index (χ1n) is 7.04. The van der Waals surface area contributed by atoms with Gasteiger partial charge in [0.05, 0.1) is 12.2 Å². The van der Waals surface area contributed by atoms with E-state index in [4.69, 9.17) is 10.5 Å². The number of nitrogen functional groups attached to an aromatic ring is 1. The molecule has 0 spiro atoms. The van der Waals surface area contributed by atoms with E-state index in [0.717, 1.165) is 0 Å². The molecule has 0 aromatic carbocycles. The smallest absolute Gasteiger partial charge is 0.409 e. The molecular weight excluding hydrogens is 272 g/mol. The van der Waals surface area contributed by atoms with Gasteiger partial charge in [-0.2, -0.15) is 0 Å². The molecule has 1 aliphatic heterocycles. The van der Waals surface area contributed by atoms with Gasteiger partial charge in [0.25, 0.3) is 5.91 Å². The van der Waals surface area contributed by atoms with Crippen LogP contribution in [0.2, 0.25) is 0 Å². The number of hydrogen-bond donors (Lipinski definition) is 2. The van der Waals surface area contributed by atoms with Gasteiger partial charge in [-0.25, -0.2) is 9.78 Å². The molecule has 1 aliphatic rings. The van der Waals surface area contributed by atoms with Gasteiger partial charge in [0.15, 0.2) is 0 Å². The van der Waals surface area contributed by atoms with Gasteiger partial charge >= 0.3 is 6.09 Å². The summed E-state index contributed by atoms with van der Waals surface area (Å²) in [5, 5.41) is 2.95. The van der Waals surface area contributed by atoms with Gasteiger partial charge in [-0.1, -0.05) is 0 Å². The average molecular weight is 292 g/mol. The van der Waals surface area contributed by atoms with Crippen LogP contribution in [0.25, 0.3) is 0 Å². The van der Waals surface area contributed by atoms with Crippen LogP contribution < -0.4 is 11.1 Å². The number of piperidine rings is 1. The third-order valence-corrected chi connectivity index (χ3v) is 3.40. The molecule has 1 aromatic heterocycles. The minimum absolute atomic E-state index is 0.0562. The molecular formula is C14H20N4O3. The van der Waals surface area contributed by atoms with Gasteiger partial charge in [-0.15, -0.1) is 0 Å². The van der Waals surface area contributed by atoms with E-state index in [-0.39, 0.29) is 18.0 Å². The molecule has 1 fully saturated rings. The van der Waals surface area contributed by atoms with E-state index in [1.165, 1.54) is 6.20 Å². The van der Waals surface area contributed by atoms with Crippen molar-refractivity contribution in [1.82, 2.24) is 15.2 Å². The Kier molecular flexibility index (Phi) is 4.97. The van der Waals surface area contributed by atoms with Gasteiger partial charge < -0.3 is 20.7 Å². The normalized spacial score (nSPS) is 15.6. The molecule has 0 radical (unpaired) electrons. The predicted octanol–water partition coefficient (Wildman–Crippen LogP) is 1.01. The Bertz CT molecular complexity index is 495. The van der Waals surface area contributed by atoms with Crippen molar-refractivity contribution in [3.63, 3.8) is 0 Å². The third-order valence-electron chi connectivity index (χ3n) is 3.40. The number of pyridine rings is 1. The van der Waals surface area contributed by atoms with Crippen LogP contribution in [0.1, 0.15) is 30.1 Å². The molecule has 2 rings (SSSR count). The highest BCUT2D eigenvalue weighted by atomic mass is 16.6. The molecule has 0 unspecified atom stereocenters. The van der Waals surface area contributed by atoms with Crippen molar-refractivity contribution in [2.45, 2.75) is 25.8 Å². The van der Waals surface area contributed by atoms with E-state index in [1.54, 1.807) is 24.0 Å². The SMILES string of the molecule is CCOC(=O)N1CCC(NC(=O)c2ccc(N)nc2)CC1. The van der Waals surface area contributed by atoms with E-state index >= 15 is 0 Å². The number of carbonyl (C=O) groups excluding carboxylic acids is 2. The molecule has 0 bridgehead atoms. The summed E-state index contributed by atoms with van der Waals surface area (Å²) < 4.78 is 4.96. The lowest BCUT2D eigenvalue weighted by molar-refractivity contribution is 0.0860. The van der Waals surface area contributed by atoms with Gasteiger partial charge in [0.1, 0.15) is 5.82 Å². The molecule has 0 aliphatic carbocycles. The van der Waals surface area contributed by atoms with Crippen molar-refractivity contribution in [2.75, 3.05) is 25.4 Å². The van der Waals surface area contributed by atoms with Crippen molar-refractivity contribution in [2.24, 2.45) is 0 Å². The van der Waals surface area contributed by atoms with Crippen molar-refractivity contribution in [1.29, 1.82) is 0 Å². The van der Waals surface area contributed by atoms with Crippen molar-refractivity contribution in [3.05, 3.63) is 23.9 Å². The fourth-order valence-corrected chi connectivity index (χ4v) is 2.23. The zero-order chi connectivity index (χ0) is 15.2. The summed E-state index contributed by atoms with van der Waals surface area (Å²) in [4.78, 5) is 29.2. The Morgan fingerprint density at radius 3 is 2.71 bits per heavy atom. The fourth-order valence-electron chi connectivity index (χ4n) is 2.23. The molecule has 1 aromatic rings. The number of nitrogens with zero attached hydrogens (tertiary/aromatic N) is 2. The van der Waals surface area contributed by atoms with Gasteiger partial charge in [0.2, 0.25) is 0 Å². The van der Waals surface area contributed by atoms with Gasteiger partial charge in [-0.05, 0) is 31.9 Å². The number of rotatable bonds is 3. The minimum atomic E-state index is -0.287. The Balaban J connectivity index is 1.82. The fraction of sp³-hybridized carbons (Fsp3) is 0.500. The first-order valence-corrected chi connectivity index (χ1v) is 7.04. The van der Waals surface area contributed by atoms with Crippen LogP contribution in [0.5, 0.6) is 0 Å². The summed E-state index contributed by atoms with van der Waals surface area (Å²) in [7, 11) is 0. The summed E-state index contributed by atoms with van der Waals surface area (Å²) in [6.07, 6.45) is 2.60. The molecule has 7 heteroatoms. The Labute approximate surface area is 123 Å². The number of likely N-dealkylation sites (tertiary alicyclic amines) is 1. The molecule has 114 valence electrons. The molecule has 21 heavy (non-hydrogen) atoms. The summed E-state index contributed by atoms with van der Waals surface area (Å²) in [5.74, 6) is 0.214. The van der Waals surface area contributed by atoms with E-state index in [1.807, 2.05) is 0 Å². The van der Waals surface area contributed by atoms with Crippen LogP contribution in [0.4, 0.5) is 10.6 Å². The average Bonchev–Trinajstić information content (AvgIpc) is 2.49. The zero-order valence-electron chi connectivity index (χ0n) is 12.0. The maximum atomic E-state index is 12.0. The van der Waals surface area contributed by atoms with Crippen molar-refractivity contribution >= 4 is 17.8 Å². The molecule has 2 amide bonds. The molecule has 0 atom stereocenters. The maximum absolute atomic E-state index is 12.0. The lowest BCUT2D eigenvalue weighted by atomic mass is 10.0. The van der Waals surface area contributed by atoms with E-state index in [9.17, 15) is 9.59 Å². The lowest BCUT2D eigenvalue weighted by Crippen LogP contribution is -2.46. The van der Waals surface area contributed by atoms with Crippen molar-refractivity contribution in [3.8, 4) is 0 Å². The van der Waals surface area contributed by atoms with Crippen LogP contribution in [0.15, 0.2) is 18.3 Å². The Morgan fingerprint density at radius 1 is 1.43 bits per heavy atom. The number of ether oxygens (including phenoxy) is 1. The maximum Gasteiger partial charge on any atom is 0.409 e. The van der Waals surface area contributed by atoms with Gasteiger partial charge in [0, 0.05) is 25.3 Å². The monoisotopic (exact) mass is 292 g/mol. The zero-order valence-corrected chi connectivity index (χ0v) is 12.0. The Hall–Kier alpha value is -2.31. The second kappa shape index (κ2) is 6.92. The number of aromatic nitrogens is 1. The molecule has 2 heterocycles. The Morgan fingerprint density at radius 2 is 2.14 bits per heavy atom. The number of hydrogen-bond acceptors (Lipinski definition) is 5. The number of carbonyl (C=O) groups is 2. The van der Waals surface area contributed by atoms with E-state index in [0.29, 0.717) is 43.9 Å². The standard InChI is InChI=1S/C14H20N4O3/c1-2-21-14(20)18-7-5-11(6-8-18)17-13(19)10-3-4-12(15)16-9-10/h3-4,9,11H,2,5-8H2,1H3,(H2,15,16)(H,17,19). The highest BCUT2D eigenvalue weighted by molar-refractivity contribution is 5.94. The second-order valence-corrected chi connectivity index (χ2v) is 4.91. The van der Waals surface area contributed by atoms with Crippen LogP contribution in [0.3, 0.4) is 0 Å². The van der Waals surface area contributed by atoms with E-state index < -0.39 is 0 Å². The van der Waals surface area contributed by atoms with Crippen LogP contribution in [-0.4, -0.2) is 47.6 Å². The largest absolute Gasteiger partial charge is 0.450 e. The number of nitrogens with one attached hydrogen (secondary N) is 1. The van der Waals surface area contributed by atoms with Gasteiger partial charge in [-0.3, -0.25) is 4.79 Å². The third kappa shape index (κ3) is 4.08. The van der Waals surface area contributed by atoms with E-state index in [2.05, 4.69) is 10.3 Å².